The summed E-state index contributed by atoms with van der Waals surface area (Å²) in [6.45, 7) is 5.63. The lowest BCUT2D eigenvalue weighted by molar-refractivity contribution is 0.266. The first-order valence-corrected chi connectivity index (χ1v) is 6.16. The van der Waals surface area contributed by atoms with E-state index in [-0.39, 0.29) is 5.54 Å². The molecular formula is C14H21NO. The summed E-state index contributed by atoms with van der Waals surface area (Å²) >= 11 is 0. The van der Waals surface area contributed by atoms with Gasteiger partial charge in [0.25, 0.3) is 0 Å². The van der Waals surface area contributed by atoms with Crippen molar-refractivity contribution in [3.05, 3.63) is 29.8 Å². The van der Waals surface area contributed by atoms with Crippen LogP contribution in [0.15, 0.2) is 24.3 Å². The second kappa shape index (κ2) is 4.46. The van der Waals surface area contributed by atoms with Crippen LogP contribution in [0.25, 0.3) is 0 Å². The van der Waals surface area contributed by atoms with Gasteiger partial charge in [-0.15, -0.1) is 0 Å². The summed E-state index contributed by atoms with van der Waals surface area (Å²) < 4.78 is 0. The summed E-state index contributed by atoms with van der Waals surface area (Å²) in [7, 11) is 0. The van der Waals surface area contributed by atoms with Crippen LogP contribution in [-0.4, -0.2) is 17.2 Å². The molecule has 1 unspecified atom stereocenters. The van der Waals surface area contributed by atoms with E-state index in [9.17, 15) is 5.11 Å². The second-order valence-electron chi connectivity index (χ2n) is 5.15. The molecule has 16 heavy (non-hydrogen) atoms. The number of nitrogens with one attached hydrogen (secondary N) is 1. The van der Waals surface area contributed by atoms with E-state index in [0.29, 0.717) is 11.7 Å². The van der Waals surface area contributed by atoms with Crippen molar-refractivity contribution in [2.45, 2.75) is 38.6 Å². The fourth-order valence-electron chi connectivity index (χ4n) is 2.68. The van der Waals surface area contributed by atoms with Crippen molar-refractivity contribution in [2.75, 3.05) is 6.54 Å². The molecule has 1 fully saturated rings. The minimum Gasteiger partial charge on any atom is -0.508 e. The predicted octanol–water partition coefficient (Wildman–Crippen LogP) is 2.71. The van der Waals surface area contributed by atoms with Crippen molar-refractivity contribution in [3.63, 3.8) is 0 Å². The molecule has 1 heterocycles. The van der Waals surface area contributed by atoms with E-state index in [1.165, 1.54) is 12.8 Å². The summed E-state index contributed by atoms with van der Waals surface area (Å²) in [5.74, 6) is 1.02. The molecule has 1 aromatic carbocycles. The number of phenols is 1. The Morgan fingerprint density at radius 2 is 2.12 bits per heavy atom. The maximum atomic E-state index is 9.84. The highest BCUT2D eigenvalue weighted by Crippen LogP contribution is 2.33. The van der Waals surface area contributed by atoms with Gasteiger partial charge in [-0.1, -0.05) is 32.0 Å². The van der Waals surface area contributed by atoms with Gasteiger partial charge >= 0.3 is 0 Å². The number of phenolic OH excluding ortho intramolecular Hbond substituents is 1. The third-order valence-corrected chi connectivity index (χ3v) is 3.88. The highest BCUT2D eigenvalue weighted by molar-refractivity contribution is 5.33. The molecule has 2 heteroatoms. The van der Waals surface area contributed by atoms with E-state index in [4.69, 9.17) is 0 Å². The molecule has 0 spiro atoms. The molecule has 2 N–H and O–H groups in total. The van der Waals surface area contributed by atoms with Crippen molar-refractivity contribution in [2.24, 2.45) is 5.92 Å². The lowest BCUT2D eigenvalue weighted by atomic mass is 9.79. The fraction of sp³-hybridized carbons (Fsp3) is 0.571. The highest BCUT2D eigenvalue weighted by atomic mass is 16.3. The predicted molar refractivity (Wildman–Crippen MR) is 66.6 cm³/mol. The zero-order valence-corrected chi connectivity index (χ0v) is 10.2. The minimum absolute atomic E-state index is 0.179. The second-order valence-corrected chi connectivity index (χ2v) is 5.15. The van der Waals surface area contributed by atoms with Gasteiger partial charge in [-0.25, -0.2) is 0 Å². The fourth-order valence-corrected chi connectivity index (χ4v) is 2.68. The van der Waals surface area contributed by atoms with Crippen LogP contribution >= 0.6 is 0 Å². The van der Waals surface area contributed by atoms with Crippen LogP contribution < -0.4 is 5.32 Å². The third-order valence-electron chi connectivity index (χ3n) is 3.88. The summed E-state index contributed by atoms with van der Waals surface area (Å²) in [5, 5.41) is 13.5. The molecule has 1 atom stereocenters. The molecule has 1 saturated heterocycles. The molecule has 0 radical (unpaired) electrons. The van der Waals surface area contributed by atoms with Crippen molar-refractivity contribution in [3.8, 4) is 5.75 Å². The monoisotopic (exact) mass is 219 g/mol. The van der Waals surface area contributed by atoms with Crippen LogP contribution in [0.2, 0.25) is 0 Å². The van der Waals surface area contributed by atoms with Gasteiger partial charge in [0.05, 0.1) is 0 Å². The quantitative estimate of drug-likeness (QED) is 0.819. The Labute approximate surface area is 97.7 Å². The molecule has 88 valence electrons. The Morgan fingerprint density at radius 1 is 1.38 bits per heavy atom. The van der Waals surface area contributed by atoms with E-state index in [2.05, 4.69) is 19.2 Å². The Balaban J connectivity index is 2.21. The van der Waals surface area contributed by atoms with Gasteiger partial charge in [0.15, 0.2) is 0 Å². The summed E-state index contributed by atoms with van der Waals surface area (Å²) in [6.07, 6.45) is 3.38. The first kappa shape index (κ1) is 11.5. The van der Waals surface area contributed by atoms with Gasteiger partial charge in [0.2, 0.25) is 0 Å². The van der Waals surface area contributed by atoms with E-state index in [0.717, 1.165) is 18.5 Å². The number of hydrogen-bond acceptors (Lipinski definition) is 2. The lowest BCUT2D eigenvalue weighted by Crippen LogP contribution is -2.46. The first-order chi connectivity index (χ1) is 7.64. The van der Waals surface area contributed by atoms with Crippen LogP contribution in [0.3, 0.4) is 0 Å². The van der Waals surface area contributed by atoms with Gasteiger partial charge in [-0.3, -0.25) is 0 Å². The number of benzene rings is 1. The summed E-state index contributed by atoms with van der Waals surface area (Å²) in [4.78, 5) is 0. The minimum atomic E-state index is 0.179. The Morgan fingerprint density at radius 3 is 2.69 bits per heavy atom. The number of aromatic hydroxyl groups is 1. The molecular weight excluding hydrogens is 198 g/mol. The molecule has 1 aliphatic heterocycles. The third kappa shape index (κ3) is 2.07. The number of para-hydroxylation sites is 1. The zero-order chi connectivity index (χ0) is 11.6. The maximum absolute atomic E-state index is 9.84. The van der Waals surface area contributed by atoms with Crippen molar-refractivity contribution >= 4 is 0 Å². The first-order valence-electron chi connectivity index (χ1n) is 6.16. The van der Waals surface area contributed by atoms with E-state index < -0.39 is 0 Å². The van der Waals surface area contributed by atoms with Crippen LogP contribution in [0.1, 0.15) is 32.3 Å². The SMILES string of the molecule is CC(C)C1(Cc2ccccc2O)CCCN1. The largest absolute Gasteiger partial charge is 0.508 e. The number of rotatable bonds is 3. The normalized spacial score (nSPS) is 25.2. The highest BCUT2D eigenvalue weighted by Gasteiger charge is 2.36. The summed E-state index contributed by atoms with van der Waals surface area (Å²) in [6, 6.07) is 7.68. The van der Waals surface area contributed by atoms with E-state index in [1.807, 2.05) is 18.2 Å². The average molecular weight is 219 g/mol. The van der Waals surface area contributed by atoms with Crippen LogP contribution in [0.4, 0.5) is 0 Å². The molecule has 1 aromatic rings. The average Bonchev–Trinajstić information content (AvgIpc) is 2.71. The molecule has 2 nitrogen and oxygen atoms in total. The molecule has 0 aromatic heterocycles. The smallest absolute Gasteiger partial charge is 0.118 e. The van der Waals surface area contributed by atoms with Gasteiger partial charge in [-0.2, -0.15) is 0 Å². The van der Waals surface area contributed by atoms with Crippen LogP contribution in [0, 0.1) is 5.92 Å². The maximum Gasteiger partial charge on any atom is 0.118 e. The van der Waals surface area contributed by atoms with Crippen molar-refractivity contribution in [1.29, 1.82) is 0 Å². The summed E-state index contributed by atoms with van der Waals surface area (Å²) in [5.41, 5.74) is 1.24. The van der Waals surface area contributed by atoms with Crippen LogP contribution in [0.5, 0.6) is 5.75 Å². The number of hydrogen-bond donors (Lipinski definition) is 2. The van der Waals surface area contributed by atoms with Gasteiger partial charge in [-0.05, 0) is 43.4 Å². The molecule has 0 bridgehead atoms. The van der Waals surface area contributed by atoms with Gasteiger partial charge in [0.1, 0.15) is 5.75 Å². The standard InChI is InChI=1S/C14H21NO/c1-11(2)14(8-5-9-15-14)10-12-6-3-4-7-13(12)16/h3-4,6-7,11,15-16H,5,8-10H2,1-2H3. The Bertz CT molecular complexity index is 354. The molecule has 0 aliphatic carbocycles. The Hall–Kier alpha value is -1.02. The zero-order valence-electron chi connectivity index (χ0n) is 10.2. The van der Waals surface area contributed by atoms with Gasteiger partial charge in [0, 0.05) is 5.54 Å². The van der Waals surface area contributed by atoms with Crippen LogP contribution in [-0.2, 0) is 6.42 Å². The molecule has 2 rings (SSSR count). The lowest BCUT2D eigenvalue weighted by Gasteiger charge is -2.34. The van der Waals surface area contributed by atoms with E-state index in [1.54, 1.807) is 6.07 Å². The topological polar surface area (TPSA) is 32.3 Å². The molecule has 1 aliphatic rings. The van der Waals surface area contributed by atoms with Gasteiger partial charge < -0.3 is 10.4 Å². The molecule has 0 amide bonds. The molecule has 0 saturated carbocycles. The Kier molecular flexibility index (Phi) is 3.20. The van der Waals surface area contributed by atoms with Crippen molar-refractivity contribution in [1.82, 2.24) is 5.32 Å². The van der Waals surface area contributed by atoms with Crippen molar-refractivity contribution < 1.29 is 5.11 Å². The van der Waals surface area contributed by atoms with E-state index >= 15 is 0 Å².